The Hall–Kier alpha value is -0.0600. The smallest absolute Gasteiger partial charge is 0.122 e. The van der Waals surface area contributed by atoms with Gasteiger partial charge in [-0.25, -0.2) is 0 Å². The molecule has 0 spiro atoms. The van der Waals surface area contributed by atoms with Gasteiger partial charge in [-0.2, -0.15) is 0 Å². The summed E-state index contributed by atoms with van der Waals surface area (Å²) in [6.07, 6.45) is 3.60. The molecule has 1 fully saturated rings. The number of phenolic OH excluding ortho intramolecular Hbond substituents is 1. The summed E-state index contributed by atoms with van der Waals surface area (Å²) >= 11 is 6.78. The Morgan fingerprint density at radius 2 is 2.00 bits per heavy atom. The van der Waals surface area contributed by atoms with Gasteiger partial charge in [0.25, 0.3) is 0 Å². The average Bonchev–Trinajstić information content (AvgIpc) is 1.97. The molecule has 1 atom stereocenters. The molecule has 15 heavy (non-hydrogen) atoms. The first-order valence-electron chi connectivity index (χ1n) is 5.03. The third kappa shape index (κ3) is 2.22. The van der Waals surface area contributed by atoms with Crippen LogP contribution in [0.15, 0.2) is 21.1 Å². The standard InChI is InChI=1S/C11H13Br2NO/c12-7-4-8(13)10(9(15)5-7)11(14)6-2-1-3-6/h4-6,11,15H,1-3,14H2/t11-/m1/s1. The molecule has 2 nitrogen and oxygen atoms in total. The summed E-state index contributed by atoms with van der Waals surface area (Å²) in [4.78, 5) is 0. The van der Waals surface area contributed by atoms with Crippen LogP contribution in [0.1, 0.15) is 30.9 Å². The molecule has 2 rings (SSSR count). The topological polar surface area (TPSA) is 46.2 Å². The monoisotopic (exact) mass is 333 g/mol. The van der Waals surface area contributed by atoms with Gasteiger partial charge < -0.3 is 10.8 Å². The molecule has 4 heteroatoms. The van der Waals surface area contributed by atoms with E-state index < -0.39 is 0 Å². The predicted octanol–water partition coefficient (Wildman–Crippen LogP) is 3.72. The zero-order valence-electron chi connectivity index (χ0n) is 8.21. The van der Waals surface area contributed by atoms with Gasteiger partial charge in [0.15, 0.2) is 0 Å². The highest BCUT2D eigenvalue weighted by Crippen LogP contribution is 2.42. The van der Waals surface area contributed by atoms with Crippen LogP contribution < -0.4 is 5.73 Å². The molecule has 0 radical (unpaired) electrons. The first kappa shape index (κ1) is 11.4. The van der Waals surface area contributed by atoms with Gasteiger partial charge in [0, 0.05) is 20.6 Å². The maximum absolute atomic E-state index is 9.87. The number of nitrogens with two attached hydrogens (primary N) is 1. The lowest BCUT2D eigenvalue weighted by Crippen LogP contribution is -2.27. The van der Waals surface area contributed by atoms with Gasteiger partial charge in [-0.3, -0.25) is 0 Å². The minimum atomic E-state index is -0.0544. The first-order valence-corrected chi connectivity index (χ1v) is 6.61. The molecular weight excluding hydrogens is 322 g/mol. The number of phenols is 1. The van der Waals surface area contributed by atoms with E-state index in [0.29, 0.717) is 5.92 Å². The van der Waals surface area contributed by atoms with E-state index in [9.17, 15) is 5.11 Å². The Labute approximate surface area is 106 Å². The fourth-order valence-corrected chi connectivity index (χ4v) is 3.40. The van der Waals surface area contributed by atoms with Crippen LogP contribution >= 0.6 is 31.9 Å². The summed E-state index contributed by atoms with van der Waals surface area (Å²) in [5, 5.41) is 9.87. The fourth-order valence-electron chi connectivity index (χ4n) is 1.94. The minimum Gasteiger partial charge on any atom is -0.508 e. The lowest BCUT2D eigenvalue weighted by Gasteiger charge is -2.32. The molecule has 82 valence electrons. The average molecular weight is 335 g/mol. The zero-order valence-corrected chi connectivity index (χ0v) is 11.4. The molecule has 0 saturated heterocycles. The highest BCUT2D eigenvalue weighted by atomic mass is 79.9. The van der Waals surface area contributed by atoms with Crippen LogP contribution in [0.3, 0.4) is 0 Å². The van der Waals surface area contributed by atoms with Gasteiger partial charge in [0.05, 0.1) is 0 Å². The van der Waals surface area contributed by atoms with Crippen LogP contribution in [0, 0.1) is 5.92 Å². The molecule has 1 aromatic carbocycles. The van der Waals surface area contributed by atoms with Crippen molar-refractivity contribution in [2.75, 3.05) is 0 Å². The van der Waals surface area contributed by atoms with Gasteiger partial charge in [0.2, 0.25) is 0 Å². The summed E-state index contributed by atoms with van der Waals surface area (Å²) in [5.41, 5.74) is 6.98. The summed E-state index contributed by atoms with van der Waals surface area (Å²) in [5.74, 6) is 0.795. The number of benzene rings is 1. The molecule has 0 heterocycles. The second kappa shape index (κ2) is 4.44. The molecule has 0 bridgehead atoms. The number of aromatic hydroxyl groups is 1. The lowest BCUT2D eigenvalue weighted by molar-refractivity contribution is 0.260. The zero-order chi connectivity index (χ0) is 11.0. The van der Waals surface area contributed by atoms with Crippen LogP contribution in [0.2, 0.25) is 0 Å². The van der Waals surface area contributed by atoms with E-state index in [0.717, 1.165) is 14.5 Å². The Kier molecular flexibility index (Phi) is 3.38. The Bertz CT molecular complexity index is 354. The highest BCUT2D eigenvalue weighted by Gasteiger charge is 2.28. The van der Waals surface area contributed by atoms with Crippen molar-refractivity contribution in [3.63, 3.8) is 0 Å². The number of halogens is 2. The predicted molar refractivity (Wildman–Crippen MR) is 67.8 cm³/mol. The fraction of sp³-hybridized carbons (Fsp3) is 0.455. The van der Waals surface area contributed by atoms with Crippen molar-refractivity contribution >= 4 is 31.9 Å². The van der Waals surface area contributed by atoms with E-state index in [2.05, 4.69) is 31.9 Å². The van der Waals surface area contributed by atoms with E-state index in [1.807, 2.05) is 6.07 Å². The Morgan fingerprint density at radius 3 is 2.47 bits per heavy atom. The van der Waals surface area contributed by atoms with E-state index >= 15 is 0 Å². The molecule has 1 aromatic rings. The summed E-state index contributed by atoms with van der Waals surface area (Å²) in [6.45, 7) is 0. The van der Waals surface area contributed by atoms with Crippen LogP contribution in [0.4, 0.5) is 0 Å². The van der Waals surface area contributed by atoms with Gasteiger partial charge >= 0.3 is 0 Å². The molecule has 1 saturated carbocycles. The van der Waals surface area contributed by atoms with Gasteiger partial charge in [-0.1, -0.05) is 38.3 Å². The van der Waals surface area contributed by atoms with Crippen LogP contribution in [-0.2, 0) is 0 Å². The van der Waals surface area contributed by atoms with E-state index in [1.165, 1.54) is 19.3 Å². The van der Waals surface area contributed by atoms with Crippen molar-refractivity contribution < 1.29 is 5.11 Å². The maximum Gasteiger partial charge on any atom is 0.122 e. The third-order valence-corrected chi connectivity index (χ3v) is 4.18. The van der Waals surface area contributed by atoms with Crippen molar-refractivity contribution in [3.05, 3.63) is 26.6 Å². The molecular formula is C11H13Br2NO. The van der Waals surface area contributed by atoms with Gasteiger partial charge in [-0.15, -0.1) is 0 Å². The van der Waals surface area contributed by atoms with Crippen molar-refractivity contribution in [2.24, 2.45) is 11.7 Å². The largest absolute Gasteiger partial charge is 0.508 e. The second-order valence-corrected chi connectivity index (χ2v) is 5.81. The quantitative estimate of drug-likeness (QED) is 0.865. The Morgan fingerprint density at radius 1 is 1.33 bits per heavy atom. The first-order chi connectivity index (χ1) is 7.09. The minimum absolute atomic E-state index is 0.0544. The second-order valence-electron chi connectivity index (χ2n) is 4.04. The van der Waals surface area contributed by atoms with E-state index in [1.54, 1.807) is 6.07 Å². The molecule has 1 aliphatic carbocycles. The van der Waals surface area contributed by atoms with Crippen LogP contribution in [0.25, 0.3) is 0 Å². The normalized spacial score (nSPS) is 18.6. The molecule has 0 amide bonds. The van der Waals surface area contributed by atoms with E-state index in [4.69, 9.17) is 5.73 Å². The van der Waals surface area contributed by atoms with Crippen molar-refractivity contribution in [1.29, 1.82) is 0 Å². The Balaban J connectivity index is 2.33. The number of hydrogen-bond donors (Lipinski definition) is 2. The molecule has 0 unspecified atom stereocenters. The van der Waals surface area contributed by atoms with Gasteiger partial charge in [0.1, 0.15) is 5.75 Å². The lowest BCUT2D eigenvalue weighted by atomic mass is 9.77. The van der Waals surface area contributed by atoms with Crippen molar-refractivity contribution in [3.8, 4) is 5.75 Å². The summed E-state index contributed by atoms with van der Waals surface area (Å²) in [7, 11) is 0. The molecule has 3 N–H and O–H groups in total. The summed E-state index contributed by atoms with van der Waals surface area (Å²) in [6, 6.07) is 3.56. The number of rotatable bonds is 2. The maximum atomic E-state index is 9.87. The molecule has 0 aromatic heterocycles. The van der Waals surface area contributed by atoms with Crippen LogP contribution in [0.5, 0.6) is 5.75 Å². The highest BCUT2D eigenvalue weighted by molar-refractivity contribution is 9.11. The molecule has 0 aliphatic heterocycles. The summed E-state index contributed by atoms with van der Waals surface area (Å²) < 4.78 is 1.74. The van der Waals surface area contributed by atoms with Crippen molar-refractivity contribution in [2.45, 2.75) is 25.3 Å². The number of hydrogen-bond acceptors (Lipinski definition) is 2. The van der Waals surface area contributed by atoms with Crippen LogP contribution in [-0.4, -0.2) is 5.11 Å². The molecule has 1 aliphatic rings. The van der Waals surface area contributed by atoms with Gasteiger partial charge in [-0.05, 0) is 30.9 Å². The van der Waals surface area contributed by atoms with Crippen molar-refractivity contribution in [1.82, 2.24) is 0 Å². The van der Waals surface area contributed by atoms with E-state index in [-0.39, 0.29) is 11.8 Å². The SMILES string of the molecule is N[C@@H](c1c(O)cc(Br)cc1Br)C1CCC1. The third-order valence-electron chi connectivity index (χ3n) is 3.06.